The van der Waals surface area contributed by atoms with Gasteiger partial charge in [-0.1, -0.05) is 64.6 Å². The summed E-state index contributed by atoms with van der Waals surface area (Å²) in [6.45, 7) is 14.0. The molecule has 2 atom stereocenters. The van der Waals surface area contributed by atoms with Crippen LogP contribution in [0.3, 0.4) is 0 Å². The summed E-state index contributed by atoms with van der Waals surface area (Å²) in [6.07, 6.45) is 1.59. The van der Waals surface area contributed by atoms with Crippen molar-refractivity contribution in [1.29, 1.82) is 0 Å². The zero-order valence-corrected chi connectivity index (χ0v) is 25.8. The summed E-state index contributed by atoms with van der Waals surface area (Å²) in [5.74, 6) is -0.608. The van der Waals surface area contributed by atoms with Crippen molar-refractivity contribution in [3.05, 3.63) is 45.1 Å². The highest BCUT2D eigenvalue weighted by Gasteiger charge is 2.66. The first-order valence-corrected chi connectivity index (χ1v) is 15.3. The number of phenolic OH excluding ortho intramolecular Hbond substituents is 1. The van der Waals surface area contributed by atoms with E-state index in [9.17, 15) is 19.8 Å². The quantitative estimate of drug-likeness (QED) is 0.262. The first-order valence-electron chi connectivity index (χ1n) is 12.4. The van der Waals surface area contributed by atoms with Crippen molar-refractivity contribution < 1.29 is 24.5 Å². The van der Waals surface area contributed by atoms with Crippen LogP contribution in [0.1, 0.15) is 63.2 Å². The van der Waals surface area contributed by atoms with Gasteiger partial charge in [0.25, 0.3) is 11.6 Å². The Bertz CT molecular complexity index is 1340. The van der Waals surface area contributed by atoms with Crippen LogP contribution in [0.5, 0.6) is 5.75 Å². The molecule has 1 aromatic heterocycles. The van der Waals surface area contributed by atoms with Gasteiger partial charge in [-0.15, -0.1) is 22.0 Å². The standard InChI is InChI=1S/C27H34N4O5S3/c1-14-29-30-24(39-14)38-13-16-12-37-23-27(36-8,22(35)31(23)19(16)21(33)34)28-11-15-9-17(25(2,3)4)20(32)18(10-15)26(5,6)7/h9-11,23,32H,12-13H2,1-8H3,(H,33,34)/t23?,27-/m1/s1. The van der Waals surface area contributed by atoms with E-state index in [0.717, 1.165) is 26.0 Å². The molecule has 9 nitrogen and oxygen atoms in total. The highest BCUT2D eigenvalue weighted by molar-refractivity contribution is 8.01. The fraction of sp³-hybridized carbons (Fsp3) is 0.519. The van der Waals surface area contributed by atoms with E-state index < -0.39 is 23.0 Å². The molecule has 2 aliphatic heterocycles. The number of β-lactam (4-membered cyclic amide) rings is 1. The molecule has 0 spiro atoms. The number of methoxy groups -OCH3 is 1. The van der Waals surface area contributed by atoms with Gasteiger partial charge in [0.15, 0.2) is 4.34 Å². The lowest BCUT2D eigenvalue weighted by atomic mass is 9.78. The Labute approximate surface area is 241 Å². The summed E-state index contributed by atoms with van der Waals surface area (Å²) in [5.41, 5.74) is 0.727. The number of carboxylic acid groups (broad SMARTS) is 1. The number of hydrogen-bond acceptors (Lipinski definition) is 10. The molecule has 39 heavy (non-hydrogen) atoms. The van der Waals surface area contributed by atoms with Crippen molar-refractivity contribution in [3.63, 3.8) is 0 Å². The van der Waals surface area contributed by atoms with E-state index in [1.54, 1.807) is 6.21 Å². The van der Waals surface area contributed by atoms with E-state index in [1.807, 2.05) is 60.6 Å². The molecule has 0 bridgehead atoms. The molecule has 12 heteroatoms. The van der Waals surface area contributed by atoms with Crippen LogP contribution >= 0.6 is 34.9 Å². The number of aromatic hydroxyl groups is 1. The minimum atomic E-state index is -1.54. The molecule has 1 fully saturated rings. The Morgan fingerprint density at radius 2 is 1.85 bits per heavy atom. The number of benzene rings is 1. The SMILES string of the molecule is CO[C@]1(N=Cc2cc(C(C)(C)C)c(O)c(C(C)(C)C)c2)C(=O)N2C(C(=O)O)=C(CSc3nnc(C)s3)CSC21. The molecule has 0 aliphatic carbocycles. The zero-order valence-electron chi connectivity index (χ0n) is 23.4. The maximum atomic E-state index is 13.5. The van der Waals surface area contributed by atoms with E-state index in [0.29, 0.717) is 17.1 Å². The lowest BCUT2D eigenvalue weighted by molar-refractivity contribution is -0.182. The van der Waals surface area contributed by atoms with Crippen molar-refractivity contribution in [2.75, 3.05) is 18.6 Å². The highest BCUT2D eigenvalue weighted by atomic mass is 32.2. The second kappa shape index (κ2) is 10.5. The summed E-state index contributed by atoms with van der Waals surface area (Å²) < 4.78 is 6.45. The summed E-state index contributed by atoms with van der Waals surface area (Å²) in [5, 5.41) is 29.4. The van der Waals surface area contributed by atoms with E-state index in [4.69, 9.17) is 4.74 Å². The lowest BCUT2D eigenvalue weighted by Gasteiger charge is -2.53. The summed E-state index contributed by atoms with van der Waals surface area (Å²) in [6, 6.07) is 3.75. The van der Waals surface area contributed by atoms with Gasteiger partial charge in [-0.3, -0.25) is 9.69 Å². The molecule has 2 aromatic rings. The predicted molar refractivity (Wildman–Crippen MR) is 156 cm³/mol. The van der Waals surface area contributed by atoms with Gasteiger partial charge in [0, 0.05) is 36.0 Å². The molecule has 1 amide bonds. The summed E-state index contributed by atoms with van der Waals surface area (Å²) in [7, 11) is 1.42. The maximum absolute atomic E-state index is 13.5. The molecule has 1 saturated heterocycles. The van der Waals surface area contributed by atoms with Gasteiger partial charge in [-0.05, 0) is 41.0 Å². The number of aryl methyl sites for hydroxylation is 1. The van der Waals surface area contributed by atoms with Gasteiger partial charge in [-0.2, -0.15) is 0 Å². The molecule has 2 aliphatic rings. The number of phenols is 1. The number of aliphatic imine (C=N–C) groups is 1. The Balaban J connectivity index is 1.66. The van der Waals surface area contributed by atoms with Gasteiger partial charge < -0.3 is 14.9 Å². The van der Waals surface area contributed by atoms with Crippen LogP contribution in [0.4, 0.5) is 0 Å². The van der Waals surface area contributed by atoms with Crippen molar-refractivity contribution in [2.45, 2.75) is 74.7 Å². The van der Waals surface area contributed by atoms with Crippen LogP contribution < -0.4 is 0 Å². The van der Waals surface area contributed by atoms with E-state index in [1.165, 1.54) is 46.9 Å². The number of aliphatic carboxylic acids is 1. The number of carbonyl (C=O) groups is 2. The van der Waals surface area contributed by atoms with Crippen LogP contribution in [-0.4, -0.2) is 73.1 Å². The third-order valence-corrected chi connectivity index (χ3v) is 10.0. The summed E-state index contributed by atoms with van der Waals surface area (Å²) in [4.78, 5) is 31.7. The van der Waals surface area contributed by atoms with Gasteiger partial charge >= 0.3 is 5.97 Å². The third kappa shape index (κ3) is 5.48. The number of thioether (sulfide) groups is 2. The maximum Gasteiger partial charge on any atom is 0.352 e. The fourth-order valence-electron chi connectivity index (χ4n) is 4.57. The Hall–Kier alpha value is -2.41. The predicted octanol–water partition coefficient (Wildman–Crippen LogP) is 4.95. The minimum Gasteiger partial charge on any atom is -0.507 e. The fourth-order valence-corrected chi connectivity index (χ4v) is 7.96. The van der Waals surface area contributed by atoms with Crippen LogP contribution in [-0.2, 0) is 25.2 Å². The Kier molecular flexibility index (Phi) is 7.98. The normalized spacial score (nSPS) is 21.9. The van der Waals surface area contributed by atoms with Crippen LogP contribution in [0.2, 0.25) is 0 Å². The molecular weight excluding hydrogens is 557 g/mol. The number of carbonyl (C=O) groups excluding carboxylic acids is 1. The average molecular weight is 591 g/mol. The number of nitrogens with zero attached hydrogens (tertiary/aromatic N) is 4. The zero-order chi connectivity index (χ0) is 28.9. The topological polar surface area (TPSA) is 125 Å². The molecule has 1 aromatic carbocycles. The van der Waals surface area contributed by atoms with Crippen molar-refractivity contribution in [1.82, 2.24) is 15.1 Å². The first kappa shape index (κ1) is 29.6. The molecule has 0 saturated carbocycles. The average Bonchev–Trinajstić information content (AvgIpc) is 3.26. The Morgan fingerprint density at radius 3 is 2.33 bits per heavy atom. The number of amides is 1. The third-order valence-electron chi connectivity index (χ3n) is 6.63. The van der Waals surface area contributed by atoms with Crippen LogP contribution in [0.25, 0.3) is 0 Å². The first-order chi connectivity index (χ1) is 18.1. The van der Waals surface area contributed by atoms with Gasteiger partial charge in [0.2, 0.25) is 0 Å². The smallest absolute Gasteiger partial charge is 0.352 e. The number of fused-ring (bicyclic) bond motifs is 1. The molecule has 4 rings (SSSR count). The van der Waals surface area contributed by atoms with E-state index in [2.05, 4.69) is 15.2 Å². The second-order valence-electron chi connectivity index (χ2n) is 11.6. The minimum absolute atomic E-state index is 0.0185. The van der Waals surface area contributed by atoms with Gasteiger partial charge in [-0.25, -0.2) is 9.79 Å². The van der Waals surface area contributed by atoms with Crippen molar-refractivity contribution >= 4 is 53.0 Å². The van der Waals surface area contributed by atoms with Crippen molar-refractivity contribution in [3.8, 4) is 5.75 Å². The second-order valence-corrected chi connectivity index (χ2v) is 15.1. The van der Waals surface area contributed by atoms with E-state index >= 15 is 0 Å². The van der Waals surface area contributed by atoms with E-state index in [-0.39, 0.29) is 22.3 Å². The molecular formula is C27H34N4O5S3. The number of carboxylic acids is 1. The number of hydrogen-bond donors (Lipinski definition) is 2. The molecule has 1 unspecified atom stereocenters. The van der Waals surface area contributed by atoms with Crippen LogP contribution in [0, 0.1) is 6.92 Å². The van der Waals surface area contributed by atoms with Gasteiger partial charge in [0.1, 0.15) is 21.8 Å². The molecule has 0 radical (unpaired) electrons. The molecule has 210 valence electrons. The van der Waals surface area contributed by atoms with Crippen LogP contribution in [0.15, 0.2) is 32.7 Å². The largest absolute Gasteiger partial charge is 0.507 e. The lowest BCUT2D eigenvalue weighted by Crippen LogP contribution is -2.73. The van der Waals surface area contributed by atoms with Gasteiger partial charge in [0.05, 0.1) is 0 Å². The Morgan fingerprint density at radius 1 is 1.23 bits per heavy atom. The highest BCUT2D eigenvalue weighted by Crippen LogP contribution is 2.49. The summed E-state index contributed by atoms with van der Waals surface area (Å²) >= 11 is 4.28. The molecule has 2 N–H and O–H groups in total. The van der Waals surface area contributed by atoms with Crippen molar-refractivity contribution in [2.24, 2.45) is 4.99 Å². The monoisotopic (exact) mass is 590 g/mol. The number of ether oxygens (including phenoxy) is 1. The number of rotatable bonds is 7. The molecule has 3 heterocycles. The number of aromatic nitrogens is 2.